The summed E-state index contributed by atoms with van der Waals surface area (Å²) >= 11 is 0. The van der Waals surface area contributed by atoms with Crippen LogP contribution in [0.4, 0.5) is 5.82 Å². The van der Waals surface area contributed by atoms with E-state index in [2.05, 4.69) is 50.0 Å². The van der Waals surface area contributed by atoms with Crippen molar-refractivity contribution >= 4 is 28.7 Å². The highest BCUT2D eigenvalue weighted by Gasteiger charge is 2.13. The van der Waals surface area contributed by atoms with Crippen molar-refractivity contribution in [3.63, 3.8) is 0 Å². The molecule has 0 aliphatic rings. The maximum Gasteiger partial charge on any atom is 0.305 e. The summed E-state index contributed by atoms with van der Waals surface area (Å²) in [4.78, 5) is 36.2. The van der Waals surface area contributed by atoms with Crippen LogP contribution in [0.2, 0.25) is 0 Å². The first kappa shape index (κ1) is 29.7. The summed E-state index contributed by atoms with van der Waals surface area (Å²) < 4.78 is 4.93. The van der Waals surface area contributed by atoms with Gasteiger partial charge in [-0.1, -0.05) is 55.3 Å². The Morgan fingerprint density at radius 3 is 2.49 bits per heavy atom. The van der Waals surface area contributed by atoms with Gasteiger partial charge in [-0.25, -0.2) is 9.97 Å². The van der Waals surface area contributed by atoms with E-state index in [1.165, 1.54) is 5.56 Å². The van der Waals surface area contributed by atoms with Crippen LogP contribution in [0.5, 0.6) is 0 Å². The summed E-state index contributed by atoms with van der Waals surface area (Å²) in [7, 11) is 0. The molecule has 1 atom stereocenters. The maximum absolute atomic E-state index is 12.6. The number of hydrogen-bond donors (Lipinski definition) is 4. The first-order chi connectivity index (χ1) is 20.0. The van der Waals surface area contributed by atoms with Gasteiger partial charge < -0.3 is 25.7 Å². The number of rotatable bonds is 16. The van der Waals surface area contributed by atoms with Crippen LogP contribution in [0.25, 0.3) is 22.3 Å². The minimum absolute atomic E-state index is 0.0923. The average molecular weight is 557 g/mol. The number of unbranched alkanes of at least 4 members (excludes halogenated alkanes) is 3. The van der Waals surface area contributed by atoms with Crippen LogP contribution in [0.15, 0.2) is 67.0 Å². The number of H-pyrrole nitrogens is 1. The number of esters is 1. The van der Waals surface area contributed by atoms with Gasteiger partial charge in [-0.3, -0.25) is 9.59 Å². The van der Waals surface area contributed by atoms with E-state index in [4.69, 9.17) is 4.74 Å². The van der Waals surface area contributed by atoms with Gasteiger partial charge in [0.15, 0.2) is 0 Å². The quantitative estimate of drug-likeness (QED) is 0.104. The van der Waals surface area contributed by atoms with Crippen molar-refractivity contribution < 1.29 is 14.3 Å². The number of aromatic nitrogens is 3. The zero-order chi connectivity index (χ0) is 28.9. The third-order valence-corrected chi connectivity index (χ3v) is 6.91. The van der Waals surface area contributed by atoms with E-state index in [1.54, 1.807) is 6.33 Å². The van der Waals surface area contributed by atoms with Crippen molar-refractivity contribution in [3.05, 3.63) is 78.1 Å². The van der Waals surface area contributed by atoms with Crippen LogP contribution in [-0.2, 0) is 9.53 Å². The number of benzene rings is 2. The van der Waals surface area contributed by atoms with E-state index in [9.17, 15) is 9.59 Å². The fraction of sp³-hybridized carbons (Fsp3) is 0.375. The van der Waals surface area contributed by atoms with Gasteiger partial charge in [0, 0.05) is 36.8 Å². The molecule has 4 rings (SSSR count). The molecule has 2 aromatic heterocycles. The van der Waals surface area contributed by atoms with Crippen molar-refractivity contribution in [1.29, 1.82) is 0 Å². The van der Waals surface area contributed by atoms with Gasteiger partial charge in [-0.2, -0.15) is 0 Å². The Balaban J connectivity index is 1.21. The van der Waals surface area contributed by atoms with Crippen molar-refractivity contribution in [3.8, 4) is 11.3 Å². The summed E-state index contributed by atoms with van der Waals surface area (Å²) in [5.74, 6) is 0.563. The third kappa shape index (κ3) is 8.88. The van der Waals surface area contributed by atoms with E-state index >= 15 is 0 Å². The van der Waals surface area contributed by atoms with Gasteiger partial charge in [0.1, 0.15) is 17.8 Å². The fourth-order valence-electron chi connectivity index (χ4n) is 4.64. The standard InChI is InChI=1S/C32H40N6O3/c1-3-41-29(39)13-9-4-5-10-18-33-19-20-34-32(40)26-16-14-25(15-17-26)28-21-27-30(35-22-36-31(27)38-28)37-23(2)24-11-7-6-8-12-24/h6-8,11-12,14-17,21-23,33H,3-5,9-10,13,18-20H2,1-2H3,(H,34,40)(H2,35,36,37,38). The van der Waals surface area contributed by atoms with Crippen molar-refractivity contribution in [1.82, 2.24) is 25.6 Å². The Kier molecular flexibility index (Phi) is 11.3. The molecule has 9 nitrogen and oxygen atoms in total. The van der Waals surface area contributed by atoms with Gasteiger partial charge in [-0.05, 0) is 62.6 Å². The summed E-state index contributed by atoms with van der Waals surface area (Å²) in [6.45, 7) is 6.53. The molecule has 2 aromatic carbocycles. The lowest BCUT2D eigenvalue weighted by Crippen LogP contribution is -2.32. The average Bonchev–Trinajstić information content (AvgIpc) is 3.44. The van der Waals surface area contributed by atoms with Crippen LogP contribution in [0, 0.1) is 0 Å². The van der Waals surface area contributed by atoms with Gasteiger partial charge >= 0.3 is 5.97 Å². The molecule has 1 unspecified atom stereocenters. The van der Waals surface area contributed by atoms with Crippen LogP contribution in [0.3, 0.4) is 0 Å². The number of amides is 1. The largest absolute Gasteiger partial charge is 0.466 e. The molecule has 0 saturated carbocycles. The van der Waals surface area contributed by atoms with Gasteiger partial charge in [0.25, 0.3) is 5.91 Å². The Labute approximate surface area is 241 Å². The number of nitrogens with one attached hydrogen (secondary N) is 4. The Morgan fingerprint density at radius 2 is 1.71 bits per heavy atom. The monoisotopic (exact) mass is 556 g/mol. The summed E-state index contributed by atoms with van der Waals surface area (Å²) in [6, 6.07) is 19.9. The number of aromatic amines is 1. The smallest absolute Gasteiger partial charge is 0.305 e. The molecule has 4 aromatic rings. The summed E-state index contributed by atoms with van der Waals surface area (Å²) in [5, 5.41) is 10.7. The topological polar surface area (TPSA) is 121 Å². The number of carbonyl (C=O) groups is 2. The molecule has 9 heteroatoms. The van der Waals surface area contributed by atoms with Crippen LogP contribution >= 0.6 is 0 Å². The molecular formula is C32H40N6O3. The molecule has 0 fully saturated rings. The second-order valence-corrected chi connectivity index (χ2v) is 10.00. The van der Waals surface area contributed by atoms with Crippen LogP contribution < -0.4 is 16.0 Å². The first-order valence-corrected chi connectivity index (χ1v) is 14.5. The predicted octanol–water partition coefficient (Wildman–Crippen LogP) is 5.63. The molecule has 41 heavy (non-hydrogen) atoms. The molecular weight excluding hydrogens is 516 g/mol. The zero-order valence-corrected chi connectivity index (χ0v) is 23.9. The van der Waals surface area contributed by atoms with Crippen molar-refractivity contribution in [2.75, 3.05) is 31.6 Å². The van der Waals surface area contributed by atoms with E-state index in [0.717, 1.165) is 60.3 Å². The second-order valence-electron chi connectivity index (χ2n) is 10.00. The fourth-order valence-corrected chi connectivity index (χ4v) is 4.64. The Morgan fingerprint density at radius 1 is 0.927 bits per heavy atom. The first-order valence-electron chi connectivity index (χ1n) is 14.5. The minimum atomic E-state index is -0.111. The summed E-state index contributed by atoms with van der Waals surface area (Å²) in [5.41, 5.74) is 4.42. The lowest BCUT2D eigenvalue weighted by atomic mass is 10.1. The molecule has 0 spiro atoms. The number of nitrogens with zero attached hydrogens (tertiary/aromatic N) is 2. The molecule has 216 valence electrons. The molecule has 0 radical (unpaired) electrons. The normalized spacial score (nSPS) is 11.8. The van der Waals surface area contributed by atoms with Gasteiger partial charge in [0.2, 0.25) is 0 Å². The van der Waals surface area contributed by atoms with Crippen molar-refractivity contribution in [2.45, 2.75) is 52.0 Å². The highest BCUT2D eigenvalue weighted by molar-refractivity contribution is 5.95. The molecule has 4 N–H and O–H groups in total. The molecule has 0 bridgehead atoms. The number of carbonyl (C=O) groups excluding carboxylic acids is 2. The van der Waals surface area contributed by atoms with E-state index in [-0.39, 0.29) is 17.9 Å². The molecule has 0 aliphatic carbocycles. The predicted molar refractivity (Wildman–Crippen MR) is 163 cm³/mol. The number of anilines is 1. The van der Waals surface area contributed by atoms with Gasteiger partial charge in [0.05, 0.1) is 12.0 Å². The van der Waals surface area contributed by atoms with Gasteiger partial charge in [-0.15, -0.1) is 0 Å². The highest BCUT2D eigenvalue weighted by Crippen LogP contribution is 2.29. The molecule has 1 amide bonds. The SMILES string of the molecule is CCOC(=O)CCCCCCNCCNC(=O)c1ccc(-c2cc3c(NC(C)c4ccccc4)ncnc3[nH]2)cc1. The molecule has 2 heterocycles. The summed E-state index contributed by atoms with van der Waals surface area (Å²) in [6.07, 6.45) is 6.05. The highest BCUT2D eigenvalue weighted by atomic mass is 16.5. The number of fused-ring (bicyclic) bond motifs is 1. The molecule has 0 saturated heterocycles. The van der Waals surface area contributed by atoms with Crippen LogP contribution in [-0.4, -0.2) is 53.1 Å². The minimum Gasteiger partial charge on any atom is -0.466 e. The Bertz CT molecular complexity index is 1390. The molecule has 0 aliphatic heterocycles. The van der Waals surface area contributed by atoms with E-state index < -0.39 is 0 Å². The lowest BCUT2D eigenvalue weighted by Gasteiger charge is -2.15. The number of ether oxygens (including phenoxy) is 1. The third-order valence-electron chi connectivity index (χ3n) is 6.91. The second kappa shape index (κ2) is 15.5. The van der Waals surface area contributed by atoms with E-state index in [0.29, 0.717) is 31.7 Å². The Hall–Kier alpha value is -4.24. The van der Waals surface area contributed by atoms with Crippen molar-refractivity contribution in [2.24, 2.45) is 0 Å². The lowest BCUT2D eigenvalue weighted by molar-refractivity contribution is -0.143. The zero-order valence-electron chi connectivity index (χ0n) is 23.9. The van der Waals surface area contributed by atoms with Crippen LogP contribution in [0.1, 0.15) is 67.9 Å². The maximum atomic E-state index is 12.6. The number of hydrogen-bond acceptors (Lipinski definition) is 7. The van der Waals surface area contributed by atoms with E-state index in [1.807, 2.05) is 55.5 Å².